The summed E-state index contributed by atoms with van der Waals surface area (Å²) in [6.45, 7) is 0.922. The molecule has 1 heterocycles. The Bertz CT molecular complexity index is 502. The molecule has 0 saturated carbocycles. The summed E-state index contributed by atoms with van der Waals surface area (Å²) in [5.41, 5.74) is 7.32. The normalized spacial score (nSPS) is 10.2. The Labute approximate surface area is 114 Å². The van der Waals surface area contributed by atoms with Crippen LogP contribution in [0.2, 0.25) is 0 Å². The third-order valence-corrected chi connectivity index (χ3v) is 2.93. The summed E-state index contributed by atoms with van der Waals surface area (Å²) < 4.78 is 6.82. The summed E-state index contributed by atoms with van der Waals surface area (Å²) in [6, 6.07) is 13.7. The highest BCUT2D eigenvalue weighted by atomic mass is 127. The van der Waals surface area contributed by atoms with Crippen molar-refractivity contribution in [2.45, 2.75) is 13.2 Å². The van der Waals surface area contributed by atoms with Crippen LogP contribution in [0.5, 0.6) is 5.75 Å². The Morgan fingerprint density at radius 1 is 1.12 bits per heavy atom. The van der Waals surface area contributed by atoms with Crippen LogP contribution < -0.4 is 10.5 Å². The third kappa shape index (κ3) is 3.67. The fraction of sp³-hybridized carbons (Fsp3) is 0.154. The number of halogens is 1. The molecule has 0 amide bonds. The maximum atomic E-state index is 5.66. The van der Waals surface area contributed by atoms with Crippen LogP contribution in [-0.4, -0.2) is 4.98 Å². The molecule has 0 aliphatic rings. The average Bonchev–Trinajstić information content (AvgIpc) is 2.37. The van der Waals surface area contributed by atoms with Crippen molar-refractivity contribution in [3.63, 3.8) is 0 Å². The van der Waals surface area contributed by atoms with Gasteiger partial charge in [-0.25, -0.2) is 0 Å². The first-order valence-corrected chi connectivity index (χ1v) is 6.39. The van der Waals surface area contributed by atoms with Gasteiger partial charge in [0, 0.05) is 10.1 Å². The lowest BCUT2D eigenvalue weighted by Gasteiger charge is -2.06. The predicted octanol–water partition coefficient (Wildman–Crippen LogP) is 2.72. The van der Waals surface area contributed by atoms with Gasteiger partial charge in [-0.15, -0.1) is 0 Å². The van der Waals surface area contributed by atoms with Crippen LogP contribution in [0.1, 0.15) is 11.4 Å². The molecule has 0 spiro atoms. The van der Waals surface area contributed by atoms with Crippen molar-refractivity contribution >= 4 is 22.6 Å². The highest BCUT2D eigenvalue weighted by Gasteiger charge is 1.99. The molecule has 1 aromatic heterocycles. The maximum Gasteiger partial charge on any atom is 0.130 e. The lowest BCUT2D eigenvalue weighted by molar-refractivity contribution is 0.301. The van der Waals surface area contributed by atoms with E-state index < -0.39 is 0 Å². The Morgan fingerprint density at radius 2 is 1.88 bits per heavy atom. The molecule has 0 aliphatic heterocycles. The molecule has 0 bridgehead atoms. The van der Waals surface area contributed by atoms with Crippen molar-refractivity contribution in [3.05, 3.63) is 57.4 Å². The zero-order valence-corrected chi connectivity index (χ0v) is 11.4. The van der Waals surface area contributed by atoms with Gasteiger partial charge in [-0.1, -0.05) is 12.1 Å². The number of hydrogen-bond donors (Lipinski definition) is 1. The first-order valence-electron chi connectivity index (χ1n) is 5.31. The molecule has 0 unspecified atom stereocenters. The van der Waals surface area contributed by atoms with Gasteiger partial charge in [0.15, 0.2) is 0 Å². The predicted molar refractivity (Wildman–Crippen MR) is 75.6 cm³/mol. The molecule has 2 N–H and O–H groups in total. The van der Waals surface area contributed by atoms with Gasteiger partial charge in [-0.3, -0.25) is 4.98 Å². The highest BCUT2D eigenvalue weighted by molar-refractivity contribution is 14.1. The largest absolute Gasteiger partial charge is 0.487 e. The van der Waals surface area contributed by atoms with E-state index in [2.05, 4.69) is 27.6 Å². The molecule has 4 heteroatoms. The molecule has 2 aromatic rings. The lowest BCUT2D eigenvalue weighted by Crippen LogP contribution is -2.04. The third-order valence-electron chi connectivity index (χ3n) is 2.26. The van der Waals surface area contributed by atoms with Gasteiger partial charge in [0.1, 0.15) is 12.4 Å². The van der Waals surface area contributed by atoms with Gasteiger partial charge in [0.2, 0.25) is 0 Å². The smallest absolute Gasteiger partial charge is 0.130 e. The summed E-state index contributed by atoms with van der Waals surface area (Å²) >= 11 is 2.26. The zero-order chi connectivity index (χ0) is 12.1. The zero-order valence-electron chi connectivity index (χ0n) is 9.27. The number of pyridine rings is 1. The van der Waals surface area contributed by atoms with Crippen LogP contribution in [0.15, 0.2) is 42.5 Å². The van der Waals surface area contributed by atoms with Crippen molar-refractivity contribution in [1.82, 2.24) is 4.98 Å². The van der Waals surface area contributed by atoms with Crippen molar-refractivity contribution in [1.29, 1.82) is 0 Å². The Hall–Kier alpha value is -1.14. The van der Waals surface area contributed by atoms with E-state index in [1.807, 2.05) is 42.5 Å². The molecule has 2 rings (SSSR count). The van der Waals surface area contributed by atoms with Crippen molar-refractivity contribution in [3.8, 4) is 5.75 Å². The molecular formula is C13H13IN2O. The number of aromatic nitrogens is 1. The van der Waals surface area contributed by atoms with Gasteiger partial charge >= 0.3 is 0 Å². The van der Waals surface area contributed by atoms with E-state index in [-0.39, 0.29) is 0 Å². The first-order chi connectivity index (χ1) is 8.28. The number of ether oxygens (including phenoxy) is 1. The van der Waals surface area contributed by atoms with Crippen LogP contribution in [-0.2, 0) is 13.2 Å². The van der Waals surface area contributed by atoms with Gasteiger partial charge in [0.05, 0.1) is 11.4 Å². The van der Waals surface area contributed by atoms with E-state index in [1.165, 1.54) is 0 Å². The molecule has 0 fully saturated rings. The first kappa shape index (κ1) is 12.3. The fourth-order valence-corrected chi connectivity index (χ4v) is 1.95. The summed E-state index contributed by atoms with van der Waals surface area (Å²) in [7, 11) is 0. The Morgan fingerprint density at radius 3 is 2.65 bits per heavy atom. The second-order valence-electron chi connectivity index (χ2n) is 3.57. The van der Waals surface area contributed by atoms with Gasteiger partial charge in [0.25, 0.3) is 0 Å². The summed E-state index contributed by atoms with van der Waals surface area (Å²) in [5.74, 6) is 0.858. The minimum Gasteiger partial charge on any atom is -0.487 e. The molecular weight excluding hydrogens is 327 g/mol. The Balaban J connectivity index is 2.02. The second-order valence-corrected chi connectivity index (χ2v) is 4.82. The van der Waals surface area contributed by atoms with Crippen molar-refractivity contribution < 1.29 is 4.74 Å². The van der Waals surface area contributed by atoms with Gasteiger partial charge in [-0.2, -0.15) is 0 Å². The van der Waals surface area contributed by atoms with Gasteiger partial charge < -0.3 is 10.5 Å². The van der Waals surface area contributed by atoms with E-state index in [0.29, 0.717) is 13.2 Å². The molecule has 0 aliphatic carbocycles. The monoisotopic (exact) mass is 340 g/mol. The van der Waals surface area contributed by atoms with Crippen LogP contribution >= 0.6 is 22.6 Å². The summed E-state index contributed by atoms with van der Waals surface area (Å²) in [5, 5.41) is 0. The standard InChI is InChI=1S/C13H13IN2O/c14-10-3-1-6-13(7-10)17-9-12-5-2-4-11(8-15)16-12/h1-7H,8-9,15H2. The minimum atomic E-state index is 0.455. The summed E-state index contributed by atoms with van der Waals surface area (Å²) in [6.07, 6.45) is 0. The van der Waals surface area contributed by atoms with Crippen molar-refractivity contribution in [2.75, 3.05) is 0 Å². The molecule has 1 aromatic carbocycles. The van der Waals surface area contributed by atoms with Crippen LogP contribution in [0.4, 0.5) is 0 Å². The molecule has 88 valence electrons. The topological polar surface area (TPSA) is 48.1 Å². The fourth-order valence-electron chi connectivity index (χ4n) is 1.44. The molecule has 17 heavy (non-hydrogen) atoms. The number of rotatable bonds is 4. The highest BCUT2D eigenvalue weighted by Crippen LogP contribution is 2.16. The van der Waals surface area contributed by atoms with Crippen LogP contribution in [0.25, 0.3) is 0 Å². The van der Waals surface area contributed by atoms with E-state index in [4.69, 9.17) is 10.5 Å². The van der Waals surface area contributed by atoms with E-state index in [9.17, 15) is 0 Å². The van der Waals surface area contributed by atoms with Crippen LogP contribution in [0.3, 0.4) is 0 Å². The van der Waals surface area contributed by atoms with Crippen LogP contribution in [0, 0.1) is 3.57 Å². The van der Waals surface area contributed by atoms with Gasteiger partial charge in [-0.05, 0) is 52.9 Å². The molecule has 0 atom stereocenters. The number of hydrogen-bond acceptors (Lipinski definition) is 3. The molecule has 0 saturated heterocycles. The van der Waals surface area contributed by atoms with E-state index in [1.54, 1.807) is 0 Å². The molecule has 0 radical (unpaired) electrons. The van der Waals surface area contributed by atoms with Crippen molar-refractivity contribution in [2.24, 2.45) is 5.73 Å². The number of nitrogens with zero attached hydrogens (tertiary/aromatic N) is 1. The minimum absolute atomic E-state index is 0.455. The molecule has 3 nitrogen and oxygen atoms in total. The lowest BCUT2D eigenvalue weighted by atomic mass is 10.3. The average molecular weight is 340 g/mol. The van der Waals surface area contributed by atoms with E-state index in [0.717, 1.165) is 20.7 Å². The Kier molecular flexibility index (Phi) is 4.33. The quantitative estimate of drug-likeness (QED) is 0.871. The number of nitrogens with two attached hydrogens (primary N) is 1. The summed E-state index contributed by atoms with van der Waals surface area (Å²) in [4.78, 5) is 4.38. The number of benzene rings is 1. The SMILES string of the molecule is NCc1cccc(COc2cccc(I)c2)n1. The maximum absolute atomic E-state index is 5.66. The van der Waals surface area contributed by atoms with E-state index >= 15 is 0 Å². The second kappa shape index (κ2) is 5.97.